The first-order chi connectivity index (χ1) is 11.9. The van der Waals surface area contributed by atoms with Crippen LogP contribution in [0.2, 0.25) is 0 Å². The zero-order valence-electron chi connectivity index (χ0n) is 13.7. The molecule has 0 radical (unpaired) electrons. The number of nitrogens with one attached hydrogen (secondary N) is 1. The maximum absolute atomic E-state index is 5.85. The van der Waals surface area contributed by atoms with Gasteiger partial charge in [0.25, 0.3) is 0 Å². The van der Waals surface area contributed by atoms with Crippen LogP contribution in [0, 0.1) is 5.92 Å². The minimum absolute atomic E-state index is 0.507. The van der Waals surface area contributed by atoms with Gasteiger partial charge >= 0.3 is 0 Å². The van der Waals surface area contributed by atoms with Crippen LogP contribution < -0.4 is 14.8 Å². The second kappa shape index (κ2) is 7.18. The molecule has 1 aliphatic heterocycles. The van der Waals surface area contributed by atoms with Crippen molar-refractivity contribution in [2.75, 3.05) is 19.8 Å². The maximum Gasteiger partial charge on any atom is 0.137 e. The Bertz CT molecular complexity index is 661. The molecule has 2 aromatic rings. The molecule has 0 amide bonds. The van der Waals surface area contributed by atoms with Crippen LogP contribution in [0.3, 0.4) is 0 Å². The Hall–Kier alpha value is -2.14. The van der Waals surface area contributed by atoms with Gasteiger partial charge in [-0.15, -0.1) is 0 Å². The average Bonchev–Trinajstić information content (AvgIpc) is 3.34. The summed E-state index contributed by atoms with van der Waals surface area (Å²) in [7, 11) is 0. The zero-order chi connectivity index (χ0) is 16.2. The quantitative estimate of drug-likeness (QED) is 0.809. The van der Waals surface area contributed by atoms with Gasteiger partial charge in [0, 0.05) is 24.6 Å². The maximum atomic E-state index is 5.85. The van der Waals surface area contributed by atoms with E-state index >= 15 is 0 Å². The van der Waals surface area contributed by atoms with E-state index in [1.165, 1.54) is 18.4 Å². The molecule has 5 nitrogen and oxygen atoms in total. The van der Waals surface area contributed by atoms with Crippen molar-refractivity contribution in [2.45, 2.75) is 31.2 Å². The van der Waals surface area contributed by atoms with Crippen molar-refractivity contribution in [1.82, 2.24) is 15.3 Å². The molecular formula is C19H23N3O2. The van der Waals surface area contributed by atoms with Gasteiger partial charge in [-0.25, -0.2) is 0 Å². The normalized spacial score (nSPS) is 24.9. The van der Waals surface area contributed by atoms with Gasteiger partial charge in [-0.2, -0.15) is 0 Å². The molecule has 1 saturated heterocycles. The highest BCUT2D eigenvalue weighted by Gasteiger charge is 2.38. The van der Waals surface area contributed by atoms with Crippen molar-refractivity contribution in [3.63, 3.8) is 0 Å². The zero-order valence-corrected chi connectivity index (χ0v) is 13.7. The van der Waals surface area contributed by atoms with Crippen LogP contribution >= 0.6 is 0 Å². The van der Waals surface area contributed by atoms with E-state index < -0.39 is 0 Å². The third-order valence-electron chi connectivity index (χ3n) is 4.87. The van der Waals surface area contributed by atoms with Gasteiger partial charge < -0.3 is 14.8 Å². The molecule has 24 heavy (non-hydrogen) atoms. The van der Waals surface area contributed by atoms with Crippen LogP contribution in [0.25, 0.3) is 0 Å². The number of hydrogen-bond acceptors (Lipinski definition) is 5. The van der Waals surface area contributed by atoms with E-state index in [0.29, 0.717) is 17.9 Å². The van der Waals surface area contributed by atoms with Gasteiger partial charge in [0.2, 0.25) is 0 Å². The molecule has 1 saturated carbocycles. The summed E-state index contributed by atoms with van der Waals surface area (Å²) in [6.45, 7) is 2.60. The molecule has 0 unspecified atom stereocenters. The minimum Gasteiger partial charge on any atom is -0.493 e. The van der Waals surface area contributed by atoms with Crippen LogP contribution in [0.1, 0.15) is 30.7 Å². The van der Waals surface area contributed by atoms with Crippen LogP contribution in [0.15, 0.2) is 43.0 Å². The Kier molecular flexibility index (Phi) is 4.60. The van der Waals surface area contributed by atoms with Gasteiger partial charge in [-0.05, 0) is 61.4 Å². The van der Waals surface area contributed by atoms with E-state index in [2.05, 4.69) is 21.4 Å². The average molecular weight is 325 g/mol. The summed E-state index contributed by atoms with van der Waals surface area (Å²) in [6.07, 6.45) is 10.8. The Morgan fingerprint density at radius 1 is 1.08 bits per heavy atom. The molecule has 0 aromatic carbocycles. The van der Waals surface area contributed by atoms with E-state index in [9.17, 15) is 0 Å². The first-order valence-corrected chi connectivity index (χ1v) is 8.72. The van der Waals surface area contributed by atoms with E-state index in [1.54, 1.807) is 12.4 Å². The Morgan fingerprint density at radius 3 is 2.75 bits per heavy atom. The lowest BCUT2D eigenvalue weighted by atomic mass is 10.1. The van der Waals surface area contributed by atoms with Crippen LogP contribution in [0.5, 0.6) is 11.5 Å². The first kappa shape index (κ1) is 15.4. The van der Waals surface area contributed by atoms with Gasteiger partial charge in [-0.1, -0.05) is 0 Å². The van der Waals surface area contributed by atoms with Crippen molar-refractivity contribution in [1.29, 1.82) is 0 Å². The molecule has 126 valence electrons. The van der Waals surface area contributed by atoms with E-state index in [4.69, 9.17) is 9.47 Å². The van der Waals surface area contributed by atoms with Crippen molar-refractivity contribution in [3.05, 3.63) is 48.5 Å². The molecular weight excluding hydrogens is 302 g/mol. The van der Waals surface area contributed by atoms with Crippen molar-refractivity contribution >= 4 is 0 Å². The standard InChI is InChI=1S/C19H23N3O2/c1-7-22-16(1)13-24-18-9-15(11-21-12-18)19-10-14(19)4-8-23-17-2-5-20-6-3-17/h2-3,5-6,9,11-12,14,16,19,22H,1,4,7-8,10,13H2/t14-,16-,19-/m0/s1. The van der Waals surface area contributed by atoms with Gasteiger partial charge in [0.1, 0.15) is 18.1 Å². The summed E-state index contributed by atoms with van der Waals surface area (Å²) in [6, 6.07) is 6.45. The van der Waals surface area contributed by atoms with Crippen LogP contribution in [-0.4, -0.2) is 35.8 Å². The predicted octanol–water partition coefficient (Wildman–Crippen LogP) is 2.79. The molecule has 0 bridgehead atoms. The molecule has 2 aliphatic rings. The Labute approximate surface area is 142 Å². The number of nitrogens with zero attached hydrogens (tertiary/aromatic N) is 2. The molecule has 3 atom stereocenters. The summed E-state index contributed by atoms with van der Waals surface area (Å²) in [5.74, 6) is 3.07. The molecule has 5 heteroatoms. The van der Waals surface area contributed by atoms with Crippen LogP contribution in [0.4, 0.5) is 0 Å². The summed E-state index contributed by atoms with van der Waals surface area (Å²) in [5.41, 5.74) is 1.29. The first-order valence-electron chi connectivity index (χ1n) is 8.72. The lowest BCUT2D eigenvalue weighted by Crippen LogP contribution is -2.46. The van der Waals surface area contributed by atoms with Gasteiger partial charge in [0.05, 0.1) is 12.8 Å². The lowest BCUT2D eigenvalue weighted by molar-refractivity contribution is 0.216. The third kappa shape index (κ3) is 3.85. The Balaban J connectivity index is 1.23. The smallest absolute Gasteiger partial charge is 0.137 e. The lowest BCUT2D eigenvalue weighted by Gasteiger charge is -2.27. The monoisotopic (exact) mass is 325 g/mol. The summed E-state index contributed by atoms with van der Waals surface area (Å²) >= 11 is 0. The molecule has 2 fully saturated rings. The second-order valence-electron chi connectivity index (χ2n) is 6.63. The summed E-state index contributed by atoms with van der Waals surface area (Å²) < 4.78 is 11.6. The van der Waals surface area contributed by atoms with Gasteiger partial charge in [-0.3, -0.25) is 9.97 Å². The van der Waals surface area contributed by atoms with E-state index in [0.717, 1.165) is 37.7 Å². The fourth-order valence-corrected chi connectivity index (χ4v) is 3.14. The van der Waals surface area contributed by atoms with Crippen molar-refractivity contribution in [3.8, 4) is 11.5 Å². The number of aromatic nitrogens is 2. The fourth-order valence-electron chi connectivity index (χ4n) is 3.14. The molecule has 1 N–H and O–H groups in total. The molecule has 2 aromatic heterocycles. The Morgan fingerprint density at radius 2 is 1.96 bits per heavy atom. The topological polar surface area (TPSA) is 56.3 Å². The SMILES string of the molecule is c1cc(OCC[C@H]2C[C@@H]2c2cncc(OC[C@@H]3CCN3)c2)ccn1. The number of hydrogen-bond donors (Lipinski definition) is 1. The third-order valence-corrected chi connectivity index (χ3v) is 4.87. The highest BCUT2D eigenvalue weighted by atomic mass is 16.5. The summed E-state index contributed by atoms with van der Waals surface area (Å²) in [4.78, 5) is 8.34. The number of pyridine rings is 2. The summed E-state index contributed by atoms with van der Waals surface area (Å²) in [5, 5.41) is 3.35. The molecule has 1 aliphatic carbocycles. The molecule has 3 heterocycles. The number of rotatable bonds is 8. The predicted molar refractivity (Wildman–Crippen MR) is 91.3 cm³/mol. The minimum atomic E-state index is 0.507. The van der Waals surface area contributed by atoms with E-state index in [-0.39, 0.29) is 0 Å². The van der Waals surface area contributed by atoms with Crippen LogP contribution in [-0.2, 0) is 0 Å². The van der Waals surface area contributed by atoms with Crippen molar-refractivity contribution < 1.29 is 9.47 Å². The fraction of sp³-hybridized carbons (Fsp3) is 0.474. The highest BCUT2D eigenvalue weighted by molar-refractivity contribution is 5.30. The largest absolute Gasteiger partial charge is 0.493 e. The number of ether oxygens (including phenoxy) is 2. The molecule has 0 spiro atoms. The van der Waals surface area contributed by atoms with Crippen molar-refractivity contribution in [2.24, 2.45) is 5.92 Å². The van der Waals surface area contributed by atoms with E-state index in [1.807, 2.05) is 24.5 Å². The van der Waals surface area contributed by atoms with Gasteiger partial charge in [0.15, 0.2) is 0 Å². The molecule has 4 rings (SSSR count). The highest BCUT2D eigenvalue weighted by Crippen LogP contribution is 2.49. The second-order valence-corrected chi connectivity index (χ2v) is 6.63.